The van der Waals surface area contributed by atoms with Crippen molar-refractivity contribution in [2.24, 2.45) is 5.73 Å². The molecule has 0 aromatic carbocycles. The molecular weight excluding hydrogens is 164 g/mol. The maximum absolute atomic E-state index is 10.6. The molecule has 0 aliphatic heterocycles. The minimum atomic E-state index is -0.300. The summed E-state index contributed by atoms with van der Waals surface area (Å²) in [5.74, 6) is -0.300. The number of hydrogen-bond acceptors (Lipinski definition) is 2. The summed E-state index contributed by atoms with van der Waals surface area (Å²) in [5.41, 5.74) is 5.76. The third-order valence-electron chi connectivity index (χ3n) is 1.90. The molecule has 0 radical (unpaired) electrons. The number of primary amides is 1. The number of allylic oxidation sites excluding steroid dienone is 1. The average molecular weight is 186 g/mol. The van der Waals surface area contributed by atoms with E-state index >= 15 is 0 Å². The first-order valence-electron chi connectivity index (χ1n) is 4.65. The standard InChI is InChI=1S/C10H19NO.H3N/c1-3-4-5-6-7-8-9(2)10(11)12;/h8H,3-7H2,1-2H3,(H2,11,12);1H3. The Morgan fingerprint density at radius 2 is 1.92 bits per heavy atom. The monoisotopic (exact) mass is 186 g/mol. The first kappa shape index (κ1) is 14.7. The molecule has 0 bridgehead atoms. The molecule has 0 heterocycles. The molecule has 0 atom stereocenters. The van der Waals surface area contributed by atoms with Gasteiger partial charge in [-0.3, -0.25) is 4.79 Å². The van der Waals surface area contributed by atoms with Crippen LogP contribution in [0.3, 0.4) is 0 Å². The molecule has 3 heteroatoms. The van der Waals surface area contributed by atoms with Crippen LogP contribution in [-0.2, 0) is 4.79 Å². The maximum Gasteiger partial charge on any atom is 0.244 e. The summed E-state index contributed by atoms with van der Waals surface area (Å²) in [5, 5.41) is 0. The SMILES string of the molecule is CCCCCCC=C(C)C(N)=O.N. The van der Waals surface area contributed by atoms with Crippen molar-refractivity contribution in [1.82, 2.24) is 6.15 Å². The summed E-state index contributed by atoms with van der Waals surface area (Å²) in [6.07, 6.45) is 7.85. The van der Waals surface area contributed by atoms with Crippen molar-refractivity contribution in [3.8, 4) is 0 Å². The predicted octanol–water partition coefficient (Wildman–Crippen LogP) is 2.55. The van der Waals surface area contributed by atoms with Gasteiger partial charge in [-0.25, -0.2) is 0 Å². The average Bonchev–Trinajstić information content (AvgIpc) is 2.03. The zero-order valence-corrected chi connectivity index (χ0v) is 8.81. The van der Waals surface area contributed by atoms with Crippen molar-refractivity contribution < 1.29 is 4.79 Å². The highest BCUT2D eigenvalue weighted by molar-refractivity contribution is 5.91. The predicted molar refractivity (Wildman–Crippen MR) is 56.7 cm³/mol. The van der Waals surface area contributed by atoms with Crippen LogP contribution in [0.1, 0.15) is 46.0 Å². The largest absolute Gasteiger partial charge is 0.366 e. The molecule has 0 rings (SSSR count). The van der Waals surface area contributed by atoms with E-state index in [0.29, 0.717) is 5.57 Å². The molecule has 0 unspecified atom stereocenters. The van der Waals surface area contributed by atoms with Gasteiger partial charge in [0, 0.05) is 5.57 Å². The molecule has 5 N–H and O–H groups in total. The van der Waals surface area contributed by atoms with E-state index in [0.717, 1.165) is 6.42 Å². The fraction of sp³-hybridized carbons (Fsp3) is 0.700. The van der Waals surface area contributed by atoms with Crippen LogP contribution in [0.25, 0.3) is 0 Å². The van der Waals surface area contributed by atoms with Crippen LogP contribution in [-0.4, -0.2) is 5.91 Å². The lowest BCUT2D eigenvalue weighted by Gasteiger charge is -1.96. The minimum absolute atomic E-state index is 0. The Balaban J connectivity index is 0. The first-order valence-corrected chi connectivity index (χ1v) is 4.65. The first-order chi connectivity index (χ1) is 5.68. The summed E-state index contributed by atoms with van der Waals surface area (Å²) >= 11 is 0. The summed E-state index contributed by atoms with van der Waals surface area (Å²) in [6, 6.07) is 0. The Bertz CT molecular complexity index is 164. The number of carbonyl (C=O) groups excluding carboxylic acids is 1. The van der Waals surface area contributed by atoms with Gasteiger partial charge < -0.3 is 11.9 Å². The molecule has 3 nitrogen and oxygen atoms in total. The van der Waals surface area contributed by atoms with Gasteiger partial charge in [-0.05, 0) is 19.8 Å². The minimum Gasteiger partial charge on any atom is -0.366 e. The molecule has 13 heavy (non-hydrogen) atoms. The number of unbranched alkanes of at least 4 members (excludes halogenated alkanes) is 4. The molecule has 0 saturated heterocycles. The molecular formula is C10H22N2O. The van der Waals surface area contributed by atoms with Gasteiger partial charge in [0.05, 0.1) is 0 Å². The van der Waals surface area contributed by atoms with Crippen LogP contribution in [0.5, 0.6) is 0 Å². The zero-order valence-electron chi connectivity index (χ0n) is 8.81. The van der Waals surface area contributed by atoms with Gasteiger partial charge in [0.15, 0.2) is 0 Å². The normalized spacial score (nSPS) is 10.8. The number of amides is 1. The molecule has 0 fully saturated rings. The van der Waals surface area contributed by atoms with Crippen molar-refractivity contribution in [2.75, 3.05) is 0 Å². The van der Waals surface area contributed by atoms with Crippen molar-refractivity contribution >= 4 is 5.91 Å². The molecule has 0 aliphatic rings. The highest BCUT2D eigenvalue weighted by Crippen LogP contribution is 2.04. The van der Waals surface area contributed by atoms with Gasteiger partial charge in [0.25, 0.3) is 0 Å². The van der Waals surface area contributed by atoms with Crippen LogP contribution < -0.4 is 11.9 Å². The van der Waals surface area contributed by atoms with E-state index in [2.05, 4.69) is 6.92 Å². The van der Waals surface area contributed by atoms with Crippen LogP contribution in [0.2, 0.25) is 0 Å². The molecule has 0 spiro atoms. The van der Waals surface area contributed by atoms with Crippen molar-refractivity contribution in [1.29, 1.82) is 0 Å². The molecule has 0 aromatic rings. The van der Waals surface area contributed by atoms with Crippen molar-refractivity contribution in [3.05, 3.63) is 11.6 Å². The zero-order chi connectivity index (χ0) is 9.40. The van der Waals surface area contributed by atoms with Gasteiger partial charge >= 0.3 is 0 Å². The van der Waals surface area contributed by atoms with Gasteiger partial charge in [0.1, 0.15) is 0 Å². The van der Waals surface area contributed by atoms with Gasteiger partial charge in [-0.15, -0.1) is 0 Å². The van der Waals surface area contributed by atoms with Gasteiger partial charge in [-0.2, -0.15) is 0 Å². The topological polar surface area (TPSA) is 78.1 Å². The lowest BCUT2D eigenvalue weighted by Crippen LogP contribution is -2.11. The Morgan fingerprint density at radius 1 is 1.31 bits per heavy atom. The Labute approximate surface area is 81.0 Å². The van der Waals surface area contributed by atoms with E-state index in [-0.39, 0.29) is 12.1 Å². The molecule has 0 saturated carbocycles. The second-order valence-electron chi connectivity index (χ2n) is 3.10. The summed E-state index contributed by atoms with van der Waals surface area (Å²) in [7, 11) is 0. The van der Waals surface area contributed by atoms with E-state index in [1.165, 1.54) is 25.7 Å². The highest BCUT2D eigenvalue weighted by Gasteiger charge is 1.94. The van der Waals surface area contributed by atoms with E-state index < -0.39 is 0 Å². The van der Waals surface area contributed by atoms with Crippen molar-refractivity contribution in [3.63, 3.8) is 0 Å². The maximum atomic E-state index is 10.6. The lowest BCUT2D eigenvalue weighted by molar-refractivity contribution is -0.114. The lowest BCUT2D eigenvalue weighted by atomic mass is 10.1. The molecule has 78 valence electrons. The Kier molecular flexibility index (Phi) is 10.5. The number of hydrogen-bond donors (Lipinski definition) is 2. The van der Waals surface area contributed by atoms with Crippen LogP contribution >= 0.6 is 0 Å². The highest BCUT2D eigenvalue weighted by atomic mass is 16.1. The second kappa shape index (κ2) is 9.26. The number of carbonyl (C=O) groups is 1. The van der Waals surface area contributed by atoms with Gasteiger partial charge in [0.2, 0.25) is 5.91 Å². The van der Waals surface area contributed by atoms with Crippen molar-refractivity contribution in [2.45, 2.75) is 46.0 Å². The number of rotatable bonds is 6. The van der Waals surface area contributed by atoms with E-state index in [4.69, 9.17) is 5.73 Å². The smallest absolute Gasteiger partial charge is 0.244 e. The third-order valence-corrected chi connectivity index (χ3v) is 1.90. The molecule has 0 aromatic heterocycles. The van der Waals surface area contributed by atoms with Crippen LogP contribution in [0, 0.1) is 0 Å². The van der Waals surface area contributed by atoms with E-state index in [1.807, 2.05) is 6.08 Å². The summed E-state index contributed by atoms with van der Waals surface area (Å²) in [4.78, 5) is 10.6. The molecule has 1 amide bonds. The van der Waals surface area contributed by atoms with Crippen LogP contribution in [0.4, 0.5) is 0 Å². The Morgan fingerprint density at radius 3 is 2.38 bits per heavy atom. The van der Waals surface area contributed by atoms with E-state index in [9.17, 15) is 4.79 Å². The van der Waals surface area contributed by atoms with Crippen LogP contribution in [0.15, 0.2) is 11.6 Å². The fourth-order valence-electron chi connectivity index (χ4n) is 0.990. The Hall–Kier alpha value is -0.830. The third kappa shape index (κ3) is 9.08. The second-order valence-corrected chi connectivity index (χ2v) is 3.10. The quantitative estimate of drug-likeness (QED) is 0.494. The summed E-state index contributed by atoms with van der Waals surface area (Å²) < 4.78 is 0. The number of nitrogens with two attached hydrogens (primary N) is 1. The van der Waals surface area contributed by atoms with Gasteiger partial charge in [-0.1, -0.05) is 32.3 Å². The molecule has 0 aliphatic carbocycles. The fourth-order valence-corrected chi connectivity index (χ4v) is 0.990. The summed E-state index contributed by atoms with van der Waals surface area (Å²) in [6.45, 7) is 3.95. The van der Waals surface area contributed by atoms with E-state index in [1.54, 1.807) is 6.92 Å².